The van der Waals surface area contributed by atoms with Crippen LogP contribution in [-0.2, 0) is 16.1 Å². The monoisotopic (exact) mass is 635 g/mol. The van der Waals surface area contributed by atoms with E-state index in [4.69, 9.17) is 4.74 Å². The van der Waals surface area contributed by atoms with Crippen molar-refractivity contribution in [2.45, 2.75) is 68.1 Å². The standard InChI is InChI=1S/C37H41N5O3S/c1-42(2)22-12-17-35(43)40-28-18-20-33-31(23-28)36(39-26-38-33)41-29-19-21-34(46-30-15-10-5-3-4-6-11-16-30)32(24-29)37(44)45-25-27-13-8-7-9-14-27/h7-9,13-14,18-21,23-24,26,30H,3-6,10-11,15-16,22,25H2,1-2H3,(H,40,43)(H,38,39,41). The number of thioether (sulfide) groups is 1. The van der Waals surface area contributed by atoms with E-state index in [2.05, 4.69) is 32.4 Å². The second-order valence-electron chi connectivity index (χ2n) is 11.8. The molecule has 0 unspecified atom stereocenters. The van der Waals surface area contributed by atoms with Crippen molar-refractivity contribution in [3.8, 4) is 11.8 Å². The first-order valence-corrected chi connectivity index (χ1v) is 16.8. The van der Waals surface area contributed by atoms with Crippen LogP contribution in [0.15, 0.2) is 78.0 Å². The van der Waals surface area contributed by atoms with Gasteiger partial charge in [-0.1, -0.05) is 74.8 Å². The number of nitrogens with zero attached hydrogens (tertiary/aromatic N) is 3. The third kappa shape index (κ3) is 9.80. The molecule has 46 heavy (non-hydrogen) atoms. The minimum Gasteiger partial charge on any atom is -0.457 e. The third-order valence-corrected chi connectivity index (χ3v) is 9.18. The lowest BCUT2D eigenvalue weighted by Crippen LogP contribution is -2.13. The van der Waals surface area contributed by atoms with E-state index in [0.29, 0.717) is 40.1 Å². The second-order valence-corrected chi connectivity index (χ2v) is 13.1. The molecule has 9 heteroatoms. The van der Waals surface area contributed by atoms with Crippen molar-refractivity contribution in [3.63, 3.8) is 0 Å². The molecule has 1 aliphatic rings. The van der Waals surface area contributed by atoms with Gasteiger partial charge in [-0.05, 0) is 74.8 Å². The van der Waals surface area contributed by atoms with Crippen LogP contribution in [0.25, 0.3) is 10.9 Å². The van der Waals surface area contributed by atoms with E-state index < -0.39 is 0 Å². The first-order chi connectivity index (χ1) is 22.4. The quantitative estimate of drug-likeness (QED) is 0.142. The molecule has 238 valence electrons. The van der Waals surface area contributed by atoms with Crippen molar-refractivity contribution in [1.82, 2.24) is 14.9 Å². The maximum absolute atomic E-state index is 13.6. The number of benzene rings is 3. The number of ether oxygens (including phenoxy) is 1. The lowest BCUT2D eigenvalue weighted by Gasteiger charge is -2.18. The van der Waals surface area contributed by atoms with Gasteiger partial charge in [0.25, 0.3) is 5.91 Å². The molecular weight excluding hydrogens is 595 g/mol. The molecule has 0 bridgehead atoms. The average molecular weight is 636 g/mol. The first-order valence-electron chi connectivity index (χ1n) is 15.9. The Balaban J connectivity index is 1.39. The van der Waals surface area contributed by atoms with Gasteiger partial charge in [-0.2, -0.15) is 0 Å². The Morgan fingerprint density at radius 2 is 1.65 bits per heavy atom. The van der Waals surface area contributed by atoms with Gasteiger partial charge in [0.05, 0.1) is 17.6 Å². The van der Waals surface area contributed by atoms with Gasteiger partial charge in [0.1, 0.15) is 18.8 Å². The summed E-state index contributed by atoms with van der Waals surface area (Å²) in [4.78, 5) is 37.7. The molecule has 2 N–H and O–H groups in total. The molecule has 3 aromatic carbocycles. The summed E-state index contributed by atoms with van der Waals surface area (Å²) < 4.78 is 5.82. The maximum atomic E-state index is 13.6. The summed E-state index contributed by atoms with van der Waals surface area (Å²) in [5, 5.41) is 7.40. The largest absolute Gasteiger partial charge is 0.457 e. The molecule has 1 heterocycles. The predicted octanol–water partition coefficient (Wildman–Crippen LogP) is 7.83. The van der Waals surface area contributed by atoms with Crippen LogP contribution in [0.4, 0.5) is 17.2 Å². The molecule has 0 aliphatic heterocycles. The minimum absolute atomic E-state index is 0.204. The fourth-order valence-electron chi connectivity index (χ4n) is 5.37. The Morgan fingerprint density at radius 1 is 0.913 bits per heavy atom. The molecule has 1 aromatic heterocycles. The molecule has 0 saturated heterocycles. The summed E-state index contributed by atoms with van der Waals surface area (Å²) in [6.45, 7) is 0.697. The topological polar surface area (TPSA) is 96.5 Å². The van der Waals surface area contributed by atoms with E-state index in [9.17, 15) is 9.59 Å². The zero-order valence-corrected chi connectivity index (χ0v) is 27.4. The van der Waals surface area contributed by atoms with Gasteiger partial charge in [0.2, 0.25) is 0 Å². The molecule has 8 nitrogen and oxygen atoms in total. The summed E-state index contributed by atoms with van der Waals surface area (Å²) in [7, 11) is 3.79. The molecule has 0 radical (unpaired) electrons. The first kappa shape index (κ1) is 33.0. The van der Waals surface area contributed by atoms with Crippen molar-refractivity contribution < 1.29 is 14.3 Å². The van der Waals surface area contributed by atoms with Crippen molar-refractivity contribution in [2.24, 2.45) is 0 Å². The number of nitrogens with one attached hydrogen (secondary N) is 2. The fourth-order valence-corrected chi connectivity index (χ4v) is 6.72. The zero-order chi connectivity index (χ0) is 32.1. The van der Waals surface area contributed by atoms with Crippen molar-refractivity contribution >= 4 is 51.7 Å². The zero-order valence-electron chi connectivity index (χ0n) is 26.6. The summed E-state index contributed by atoms with van der Waals surface area (Å²) in [6.07, 6.45) is 11.4. The Labute approximate surface area is 275 Å². The van der Waals surface area contributed by atoms with Gasteiger partial charge in [-0.3, -0.25) is 9.69 Å². The van der Waals surface area contributed by atoms with E-state index >= 15 is 0 Å². The summed E-state index contributed by atoms with van der Waals surface area (Å²) in [6, 6.07) is 21.0. The number of carbonyl (C=O) groups is 2. The Kier molecular flexibility index (Phi) is 12.0. The lowest BCUT2D eigenvalue weighted by molar-refractivity contribution is -0.111. The Morgan fingerprint density at radius 3 is 2.41 bits per heavy atom. The van der Waals surface area contributed by atoms with Gasteiger partial charge < -0.3 is 15.4 Å². The number of aromatic nitrogens is 2. The molecular formula is C37H41N5O3S. The Hall–Kier alpha value is -4.39. The van der Waals surface area contributed by atoms with Crippen LogP contribution in [-0.4, -0.2) is 52.6 Å². The molecule has 4 aromatic rings. The molecule has 1 fully saturated rings. The molecule has 1 saturated carbocycles. The van der Waals surface area contributed by atoms with Crippen LogP contribution in [0.2, 0.25) is 0 Å². The highest BCUT2D eigenvalue weighted by Gasteiger charge is 2.20. The van der Waals surface area contributed by atoms with Crippen LogP contribution in [0.1, 0.15) is 67.3 Å². The molecule has 1 aliphatic carbocycles. The number of anilines is 3. The predicted molar refractivity (Wildman–Crippen MR) is 186 cm³/mol. The molecule has 0 atom stereocenters. The van der Waals surface area contributed by atoms with Crippen LogP contribution in [0.5, 0.6) is 0 Å². The van der Waals surface area contributed by atoms with Gasteiger partial charge in [-0.25, -0.2) is 14.8 Å². The fraction of sp³-hybridized carbons (Fsp3) is 0.351. The molecule has 5 rings (SSSR count). The number of amides is 1. The highest BCUT2D eigenvalue weighted by atomic mass is 32.2. The highest BCUT2D eigenvalue weighted by Crippen LogP contribution is 2.36. The number of carbonyl (C=O) groups excluding carboxylic acids is 2. The van der Waals surface area contributed by atoms with Crippen LogP contribution in [0, 0.1) is 11.8 Å². The van der Waals surface area contributed by atoms with Crippen molar-refractivity contribution in [2.75, 3.05) is 31.3 Å². The second kappa shape index (κ2) is 16.8. The number of fused-ring (bicyclic) bond motifs is 1. The van der Waals surface area contributed by atoms with Gasteiger partial charge in [0, 0.05) is 26.9 Å². The number of hydrogen-bond acceptors (Lipinski definition) is 8. The summed E-state index contributed by atoms with van der Waals surface area (Å²) in [5.74, 6) is 5.27. The SMILES string of the molecule is CN(C)CC#CC(=O)Nc1ccc2ncnc(Nc3ccc(SC4CCCCCCCC4)c(C(=O)OCc4ccccc4)c3)c2c1. The number of hydrogen-bond donors (Lipinski definition) is 2. The number of rotatable bonds is 9. The maximum Gasteiger partial charge on any atom is 0.339 e. The van der Waals surface area contributed by atoms with Gasteiger partial charge in [-0.15, -0.1) is 11.8 Å². The van der Waals surface area contributed by atoms with E-state index in [0.717, 1.165) is 28.7 Å². The van der Waals surface area contributed by atoms with E-state index in [1.54, 1.807) is 17.8 Å². The summed E-state index contributed by atoms with van der Waals surface area (Å²) >= 11 is 1.80. The minimum atomic E-state index is -0.390. The van der Waals surface area contributed by atoms with Crippen molar-refractivity contribution in [1.29, 1.82) is 0 Å². The molecule has 0 spiro atoms. The van der Waals surface area contributed by atoms with Crippen LogP contribution < -0.4 is 10.6 Å². The smallest absolute Gasteiger partial charge is 0.339 e. The van der Waals surface area contributed by atoms with Crippen LogP contribution >= 0.6 is 11.8 Å². The van der Waals surface area contributed by atoms with Gasteiger partial charge >= 0.3 is 5.97 Å². The highest BCUT2D eigenvalue weighted by molar-refractivity contribution is 8.00. The normalized spacial score (nSPS) is 14.0. The molecule has 1 amide bonds. The third-order valence-electron chi connectivity index (χ3n) is 7.76. The van der Waals surface area contributed by atoms with E-state index in [1.165, 1.54) is 44.9 Å². The Bertz CT molecular complexity index is 1690. The van der Waals surface area contributed by atoms with E-state index in [1.807, 2.05) is 79.7 Å². The average Bonchev–Trinajstić information content (AvgIpc) is 3.19. The number of esters is 1. The summed E-state index contributed by atoms with van der Waals surface area (Å²) in [5.41, 5.74) is 3.48. The van der Waals surface area contributed by atoms with Gasteiger partial charge in [0.15, 0.2) is 0 Å². The van der Waals surface area contributed by atoms with Crippen molar-refractivity contribution in [3.05, 3.63) is 84.2 Å². The van der Waals surface area contributed by atoms with E-state index in [-0.39, 0.29) is 18.5 Å². The lowest BCUT2D eigenvalue weighted by atomic mass is 10.1. The van der Waals surface area contributed by atoms with Crippen LogP contribution in [0.3, 0.4) is 0 Å².